The van der Waals surface area contributed by atoms with Crippen molar-refractivity contribution in [3.63, 3.8) is 0 Å². The van der Waals surface area contributed by atoms with Gasteiger partial charge in [-0.25, -0.2) is 23.4 Å². The van der Waals surface area contributed by atoms with Crippen LogP contribution in [0.5, 0.6) is 5.88 Å². The highest BCUT2D eigenvalue weighted by atomic mass is 32.2. The minimum atomic E-state index is -3.62. The number of rotatable bonds is 8. The molecular weight excluding hydrogens is 510 g/mol. The number of nitrogens with zero attached hydrogens (tertiary/aromatic N) is 4. The molecule has 0 spiro atoms. The van der Waals surface area contributed by atoms with E-state index in [4.69, 9.17) is 10.00 Å². The van der Waals surface area contributed by atoms with E-state index in [-0.39, 0.29) is 17.0 Å². The number of nitriles is 1. The second-order valence-corrected chi connectivity index (χ2v) is 11.8. The molecule has 0 saturated carbocycles. The molecule has 0 bridgehead atoms. The summed E-state index contributed by atoms with van der Waals surface area (Å²) in [5.41, 5.74) is 3.79. The number of aromatic nitrogens is 1. The summed E-state index contributed by atoms with van der Waals surface area (Å²) >= 11 is 0. The fraction of sp³-hybridized carbons (Fsp3) is 0.400. The van der Waals surface area contributed by atoms with Crippen LogP contribution in [-0.4, -0.2) is 56.6 Å². The lowest BCUT2D eigenvalue weighted by Crippen LogP contribution is -2.44. The predicted octanol–water partition coefficient (Wildman–Crippen LogP) is 4.52. The Hall–Kier alpha value is -3.45. The van der Waals surface area contributed by atoms with E-state index >= 15 is 0 Å². The predicted molar refractivity (Wildman–Crippen MR) is 153 cm³/mol. The topological polar surface area (TPSA) is 98.6 Å². The van der Waals surface area contributed by atoms with Gasteiger partial charge in [0.1, 0.15) is 11.0 Å². The van der Waals surface area contributed by atoms with E-state index < -0.39 is 10.0 Å². The Morgan fingerprint density at radius 2 is 1.59 bits per heavy atom. The Labute approximate surface area is 232 Å². The fourth-order valence-electron chi connectivity index (χ4n) is 5.09. The summed E-state index contributed by atoms with van der Waals surface area (Å²) < 4.78 is 34.9. The summed E-state index contributed by atoms with van der Waals surface area (Å²) in [6.45, 7) is 10.1. The summed E-state index contributed by atoms with van der Waals surface area (Å²) in [6, 6.07) is 22.2. The number of hydrogen-bond donors (Lipinski definition) is 1. The molecule has 2 aliphatic heterocycles. The molecule has 2 aromatic carbocycles. The van der Waals surface area contributed by atoms with Gasteiger partial charge in [-0.2, -0.15) is 0 Å². The standard InChI is InChI=1S/C29H36N4O3S.CHN/c1-23-7-9-26(10-8-23)33-19-15-27(16-20-33)36-29-12-11-28(21-30-29)37(34,35)31-25-13-17-32(18-14-25)22-24-5-3-2-4-6-24;1-2/h2-12,21,25,27,31H,13-20,22H2,1H3;1H. The first-order valence-electron chi connectivity index (χ1n) is 13.4. The van der Waals surface area contributed by atoms with Gasteiger partial charge < -0.3 is 9.64 Å². The molecule has 0 radical (unpaired) electrons. The molecule has 0 unspecified atom stereocenters. The van der Waals surface area contributed by atoms with E-state index in [2.05, 4.69) is 81.5 Å². The molecule has 3 aromatic rings. The van der Waals surface area contributed by atoms with Gasteiger partial charge in [-0.1, -0.05) is 48.0 Å². The zero-order chi connectivity index (χ0) is 27.7. The molecule has 5 rings (SSSR count). The second-order valence-electron chi connectivity index (χ2n) is 10.1. The van der Waals surface area contributed by atoms with Crippen LogP contribution in [0.2, 0.25) is 0 Å². The van der Waals surface area contributed by atoms with Crippen LogP contribution in [0, 0.1) is 18.8 Å². The molecule has 206 valence electrons. The third-order valence-electron chi connectivity index (χ3n) is 7.31. The van der Waals surface area contributed by atoms with Crippen molar-refractivity contribution >= 4 is 15.7 Å². The van der Waals surface area contributed by atoms with Gasteiger partial charge in [0, 0.05) is 69.9 Å². The van der Waals surface area contributed by atoms with Gasteiger partial charge in [0.25, 0.3) is 0 Å². The fourth-order valence-corrected chi connectivity index (χ4v) is 6.34. The average molecular weight is 548 g/mol. The number of nitrogens with one attached hydrogen (secondary N) is 1. The number of anilines is 1. The molecule has 9 heteroatoms. The lowest BCUT2D eigenvalue weighted by molar-refractivity contribution is 0.164. The van der Waals surface area contributed by atoms with E-state index in [1.165, 1.54) is 23.0 Å². The molecule has 3 heterocycles. The first-order valence-corrected chi connectivity index (χ1v) is 14.9. The zero-order valence-corrected chi connectivity index (χ0v) is 23.3. The molecule has 8 nitrogen and oxygen atoms in total. The van der Waals surface area contributed by atoms with Crippen molar-refractivity contribution < 1.29 is 13.2 Å². The first-order chi connectivity index (χ1) is 18.9. The van der Waals surface area contributed by atoms with Crippen LogP contribution >= 0.6 is 0 Å². The van der Waals surface area contributed by atoms with Crippen LogP contribution in [0.25, 0.3) is 0 Å². The van der Waals surface area contributed by atoms with Crippen molar-refractivity contribution in [3.8, 4) is 12.5 Å². The highest BCUT2D eigenvalue weighted by Crippen LogP contribution is 2.24. The van der Waals surface area contributed by atoms with E-state index in [1.807, 2.05) is 6.07 Å². The first kappa shape index (κ1) is 28.6. The van der Waals surface area contributed by atoms with E-state index in [1.54, 1.807) is 12.1 Å². The van der Waals surface area contributed by atoms with Crippen molar-refractivity contribution in [1.29, 1.82) is 5.26 Å². The SMILES string of the molecule is C#N.Cc1ccc(N2CCC(Oc3ccc(S(=O)(=O)NC4CCN(Cc5ccccc5)CC4)cn3)CC2)cc1. The molecule has 2 fully saturated rings. The minimum absolute atomic E-state index is 0.0633. The van der Waals surface area contributed by atoms with Gasteiger partial charge in [-0.3, -0.25) is 4.90 Å². The summed E-state index contributed by atoms with van der Waals surface area (Å²) in [5.74, 6) is 0.474. The van der Waals surface area contributed by atoms with Crippen LogP contribution in [-0.2, 0) is 16.6 Å². The van der Waals surface area contributed by atoms with Gasteiger partial charge in [0.05, 0.1) is 6.20 Å². The van der Waals surface area contributed by atoms with Crippen LogP contribution < -0.4 is 14.4 Å². The smallest absolute Gasteiger partial charge is 0.242 e. The third-order valence-corrected chi connectivity index (χ3v) is 8.81. The number of piperidine rings is 2. The van der Waals surface area contributed by atoms with Gasteiger partial charge in [0.2, 0.25) is 15.9 Å². The lowest BCUT2D eigenvalue weighted by atomic mass is 10.1. The summed E-state index contributed by atoms with van der Waals surface area (Å²) in [6.07, 6.45) is 4.88. The van der Waals surface area contributed by atoms with E-state index in [0.717, 1.165) is 58.4 Å². The highest BCUT2D eigenvalue weighted by molar-refractivity contribution is 7.89. The number of benzene rings is 2. The normalized spacial score (nSPS) is 17.3. The molecule has 0 amide bonds. The van der Waals surface area contributed by atoms with Crippen LogP contribution in [0.3, 0.4) is 0 Å². The van der Waals surface area contributed by atoms with Gasteiger partial charge in [-0.15, -0.1) is 0 Å². The molecule has 0 aliphatic carbocycles. The largest absolute Gasteiger partial charge is 0.474 e. The van der Waals surface area contributed by atoms with E-state index in [0.29, 0.717) is 5.88 Å². The Morgan fingerprint density at radius 3 is 2.21 bits per heavy atom. The summed E-state index contributed by atoms with van der Waals surface area (Å²) in [7, 11) is -3.62. The Kier molecular flexibility index (Phi) is 9.93. The Balaban J connectivity index is 0.00000172. The number of pyridine rings is 1. The maximum Gasteiger partial charge on any atom is 0.242 e. The second kappa shape index (κ2) is 13.6. The average Bonchev–Trinajstić information content (AvgIpc) is 2.97. The van der Waals surface area contributed by atoms with Crippen molar-refractivity contribution in [1.82, 2.24) is 14.6 Å². The molecular formula is C30H37N5O3S. The summed E-state index contributed by atoms with van der Waals surface area (Å²) in [5, 5.41) is 6.50. The van der Waals surface area contributed by atoms with Crippen LogP contribution in [0.1, 0.15) is 36.8 Å². The van der Waals surface area contributed by atoms with Gasteiger partial charge in [0.15, 0.2) is 0 Å². The maximum absolute atomic E-state index is 13.0. The number of likely N-dealkylation sites (tertiary alicyclic amines) is 1. The zero-order valence-electron chi connectivity index (χ0n) is 22.4. The molecule has 1 aromatic heterocycles. The van der Waals surface area contributed by atoms with Crippen molar-refractivity contribution in [3.05, 3.63) is 84.1 Å². The Morgan fingerprint density at radius 1 is 0.923 bits per heavy atom. The molecule has 0 atom stereocenters. The quantitative estimate of drug-likeness (QED) is 0.443. The lowest BCUT2D eigenvalue weighted by Gasteiger charge is -2.33. The molecule has 2 aliphatic rings. The molecule has 1 N–H and O–H groups in total. The van der Waals surface area contributed by atoms with Crippen molar-refractivity contribution in [2.75, 3.05) is 31.1 Å². The Bertz CT molecular complexity index is 1280. The van der Waals surface area contributed by atoms with E-state index in [9.17, 15) is 8.42 Å². The van der Waals surface area contributed by atoms with Crippen LogP contribution in [0.4, 0.5) is 5.69 Å². The number of sulfonamides is 1. The van der Waals surface area contributed by atoms with Crippen LogP contribution in [0.15, 0.2) is 77.8 Å². The van der Waals surface area contributed by atoms with Crippen molar-refractivity contribution in [2.24, 2.45) is 0 Å². The third kappa shape index (κ3) is 8.02. The van der Waals surface area contributed by atoms with Gasteiger partial charge in [-0.05, 0) is 43.5 Å². The summed E-state index contributed by atoms with van der Waals surface area (Å²) in [4.78, 5) is 9.25. The molecule has 39 heavy (non-hydrogen) atoms. The monoisotopic (exact) mass is 547 g/mol. The highest BCUT2D eigenvalue weighted by Gasteiger charge is 2.26. The number of aryl methyl sites for hydroxylation is 1. The maximum atomic E-state index is 13.0. The minimum Gasteiger partial charge on any atom is -0.474 e. The number of ether oxygens (including phenoxy) is 1. The number of hydrogen-bond acceptors (Lipinski definition) is 7. The molecule has 2 saturated heterocycles. The van der Waals surface area contributed by atoms with Gasteiger partial charge >= 0.3 is 0 Å². The van der Waals surface area contributed by atoms with Crippen molar-refractivity contribution in [2.45, 2.75) is 56.2 Å².